The van der Waals surface area contributed by atoms with Crippen molar-refractivity contribution in [1.82, 2.24) is 0 Å². The molecule has 0 aliphatic rings. The van der Waals surface area contributed by atoms with Crippen LogP contribution in [-0.4, -0.2) is 7.69 Å². The molecule has 2 aromatic rings. The quantitative estimate of drug-likeness (QED) is 0.489. The van der Waals surface area contributed by atoms with E-state index in [0.29, 0.717) is 12.1 Å². The fraction of sp³-hybridized carbons (Fsp3) is 0. The lowest BCUT2D eigenvalue weighted by atomic mass is 10.2. The maximum absolute atomic E-state index is 13.2. The van der Waals surface area contributed by atoms with Gasteiger partial charge in [-0.1, -0.05) is 0 Å². The lowest BCUT2D eigenvalue weighted by Crippen LogP contribution is -2.14. The second-order valence-corrected chi connectivity index (χ2v) is 3.73. The first kappa shape index (κ1) is 15.1. The highest BCUT2D eigenvalue weighted by Crippen LogP contribution is 2.23. The second kappa shape index (κ2) is 5.98. The number of halogens is 6. The lowest BCUT2D eigenvalue weighted by molar-refractivity contribution is 0.392. The van der Waals surface area contributed by atoms with Crippen LogP contribution in [0.25, 0.3) is 0 Å². The lowest BCUT2D eigenvalue weighted by Gasteiger charge is -2.09. The summed E-state index contributed by atoms with van der Waals surface area (Å²) >= 11 is 0. The third-order valence-electron chi connectivity index (χ3n) is 2.27. The maximum atomic E-state index is 13.2. The Bertz CT molecular complexity index is 622. The van der Waals surface area contributed by atoms with Gasteiger partial charge in [0.15, 0.2) is 23.3 Å². The van der Waals surface area contributed by atoms with Gasteiger partial charge in [-0.15, -0.1) is 0 Å². The zero-order chi connectivity index (χ0) is 15.6. The van der Waals surface area contributed by atoms with Crippen LogP contribution in [0.4, 0.5) is 26.3 Å². The molecule has 2 nitrogen and oxygen atoms in total. The van der Waals surface area contributed by atoms with Crippen molar-refractivity contribution in [2.45, 2.75) is 0 Å². The van der Waals surface area contributed by atoms with Gasteiger partial charge in [0.2, 0.25) is 0 Å². The third kappa shape index (κ3) is 3.42. The molecule has 0 spiro atoms. The SMILES string of the molecule is Fc1cc(F)c(F)c(O[B]Oc2cc(F)cc(F)c2F)c1. The van der Waals surface area contributed by atoms with Gasteiger partial charge in [0, 0.05) is 24.3 Å². The first-order valence-electron chi connectivity index (χ1n) is 5.32. The van der Waals surface area contributed by atoms with Crippen LogP contribution in [0.15, 0.2) is 24.3 Å². The molecule has 0 N–H and O–H groups in total. The van der Waals surface area contributed by atoms with E-state index in [9.17, 15) is 26.3 Å². The molecular weight excluding hydrogens is 301 g/mol. The number of hydrogen-bond acceptors (Lipinski definition) is 2. The normalized spacial score (nSPS) is 10.4. The summed E-state index contributed by atoms with van der Waals surface area (Å²) in [7, 11) is 0.272. The Hall–Kier alpha value is -2.32. The Morgan fingerprint density at radius 2 is 1.00 bits per heavy atom. The molecule has 0 fully saturated rings. The van der Waals surface area contributed by atoms with Gasteiger partial charge in [-0.3, -0.25) is 0 Å². The first-order valence-corrected chi connectivity index (χ1v) is 5.32. The summed E-state index contributed by atoms with van der Waals surface area (Å²) in [5.74, 6) is -10.1. The summed E-state index contributed by atoms with van der Waals surface area (Å²) in [5, 5.41) is 0. The zero-order valence-corrected chi connectivity index (χ0v) is 9.97. The predicted molar refractivity (Wildman–Crippen MR) is 59.6 cm³/mol. The van der Waals surface area contributed by atoms with Crippen molar-refractivity contribution in [1.29, 1.82) is 0 Å². The molecule has 0 aliphatic carbocycles. The average Bonchev–Trinajstić information content (AvgIpc) is 2.40. The molecule has 0 heterocycles. The monoisotopic (exact) mass is 305 g/mol. The number of rotatable bonds is 4. The van der Waals surface area contributed by atoms with E-state index in [1.165, 1.54) is 0 Å². The molecule has 0 unspecified atom stereocenters. The Labute approximate surface area is 115 Å². The van der Waals surface area contributed by atoms with Crippen molar-refractivity contribution in [3.05, 3.63) is 59.2 Å². The minimum Gasteiger partial charge on any atom is -0.524 e. The molecule has 0 aliphatic heterocycles. The van der Waals surface area contributed by atoms with Crippen molar-refractivity contribution in [3.8, 4) is 11.5 Å². The number of hydrogen-bond donors (Lipinski definition) is 0. The summed E-state index contributed by atoms with van der Waals surface area (Å²) in [4.78, 5) is 0. The van der Waals surface area contributed by atoms with Crippen molar-refractivity contribution >= 4 is 7.69 Å². The summed E-state index contributed by atoms with van der Waals surface area (Å²) in [5.41, 5.74) is 0. The summed E-state index contributed by atoms with van der Waals surface area (Å²) in [6.07, 6.45) is 0. The van der Waals surface area contributed by atoms with Crippen LogP contribution in [0.2, 0.25) is 0 Å². The minimum atomic E-state index is -1.51. The average molecular weight is 305 g/mol. The van der Waals surface area contributed by atoms with E-state index in [1.54, 1.807) is 0 Å². The van der Waals surface area contributed by atoms with E-state index in [1.807, 2.05) is 0 Å². The number of benzene rings is 2. The summed E-state index contributed by atoms with van der Waals surface area (Å²) in [6.45, 7) is 0. The van der Waals surface area contributed by atoms with Crippen LogP contribution >= 0.6 is 0 Å². The molecule has 0 saturated carbocycles. The van der Waals surface area contributed by atoms with Crippen LogP contribution in [0.1, 0.15) is 0 Å². The predicted octanol–water partition coefficient (Wildman–Crippen LogP) is 3.51. The smallest absolute Gasteiger partial charge is 0.524 e. The van der Waals surface area contributed by atoms with E-state index in [-0.39, 0.29) is 19.8 Å². The molecule has 0 atom stereocenters. The maximum Gasteiger partial charge on any atom is 0.658 e. The Morgan fingerprint density at radius 1 is 0.619 bits per heavy atom. The van der Waals surface area contributed by atoms with Gasteiger partial charge in [0.1, 0.15) is 23.1 Å². The van der Waals surface area contributed by atoms with Gasteiger partial charge in [0.05, 0.1) is 0 Å². The fourth-order valence-corrected chi connectivity index (χ4v) is 1.36. The van der Waals surface area contributed by atoms with Crippen molar-refractivity contribution in [2.24, 2.45) is 0 Å². The van der Waals surface area contributed by atoms with Gasteiger partial charge < -0.3 is 9.31 Å². The molecule has 2 rings (SSSR count). The van der Waals surface area contributed by atoms with Crippen LogP contribution < -0.4 is 9.31 Å². The largest absolute Gasteiger partial charge is 0.658 e. The van der Waals surface area contributed by atoms with E-state index in [2.05, 4.69) is 9.31 Å². The van der Waals surface area contributed by atoms with Gasteiger partial charge in [-0.2, -0.15) is 8.78 Å². The molecule has 0 bridgehead atoms. The van der Waals surface area contributed by atoms with Crippen molar-refractivity contribution in [3.63, 3.8) is 0 Å². The molecule has 21 heavy (non-hydrogen) atoms. The molecule has 0 amide bonds. The molecule has 2 aromatic carbocycles. The van der Waals surface area contributed by atoms with Gasteiger partial charge in [0.25, 0.3) is 0 Å². The summed E-state index contributed by atoms with van der Waals surface area (Å²) < 4.78 is 86.6. The molecule has 1 radical (unpaired) electrons. The van der Waals surface area contributed by atoms with Crippen LogP contribution in [-0.2, 0) is 0 Å². The van der Waals surface area contributed by atoms with E-state index in [0.717, 1.165) is 0 Å². The highest BCUT2D eigenvalue weighted by atomic mass is 19.2. The topological polar surface area (TPSA) is 18.5 Å². The van der Waals surface area contributed by atoms with Crippen LogP contribution in [0.3, 0.4) is 0 Å². The molecule has 109 valence electrons. The van der Waals surface area contributed by atoms with Gasteiger partial charge in [-0.25, -0.2) is 17.6 Å². The Balaban J connectivity index is 2.09. The first-order chi connectivity index (χ1) is 9.88. The summed E-state index contributed by atoms with van der Waals surface area (Å²) in [6, 6.07) is 1.57. The molecular formula is C12H4BF6O2. The molecule has 9 heteroatoms. The Morgan fingerprint density at radius 3 is 1.38 bits per heavy atom. The third-order valence-corrected chi connectivity index (χ3v) is 2.27. The van der Waals surface area contributed by atoms with E-state index in [4.69, 9.17) is 0 Å². The van der Waals surface area contributed by atoms with Gasteiger partial charge in [-0.05, 0) is 0 Å². The van der Waals surface area contributed by atoms with Crippen LogP contribution in [0, 0.1) is 34.9 Å². The highest BCUT2D eigenvalue weighted by Gasteiger charge is 2.16. The van der Waals surface area contributed by atoms with Crippen LogP contribution in [0.5, 0.6) is 11.5 Å². The minimum absolute atomic E-state index is 0.272. The van der Waals surface area contributed by atoms with Crippen molar-refractivity contribution < 1.29 is 35.7 Å². The standard InChI is InChI=1S/C12H4BF6O2/c14-5-1-7(16)11(18)9(3-5)20-13-21-10-4-6(15)2-8(17)12(10)19/h1-4H. The highest BCUT2D eigenvalue weighted by molar-refractivity contribution is 6.20. The second-order valence-electron chi connectivity index (χ2n) is 3.73. The van der Waals surface area contributed by atoms with Crippen molar-refractivity contribution in [2.75, 3.05) is 0 Å². The Kier molecular flexibility index (Phi) is 4.30. The van der Waals surface area contributed by atoms with E-state index >= 15 is 0 Å². The molecule has 0 aromatic heterocycles. The molecule has 0 saturated heterocycles. The van der Waals surface area contributed by atoms with Gasteiger partial charge >= 0.3 is 7.69 Å². The van der Waals surface area contributed by atoms with E-state index < -0.39 is 46.4 Å². The zero-order valence-electron chi connectivity index (χ0n) is 9.97. The fourth-order valence-electron chi connectivity index (χ4n) is 1.36.